The quantitative estimate of drug-likeness (QED) is 0.782. The summed E-state index contributed by atoms with van der Waals surface area (Å²) in [7, 11) is 0. The lowest BCUT2D eigenvalue weighted by molar-refractivity contribution is 0.101. The van der Waals surface area contributed by atoms with Crippen molar-refractivity contribution in [1.82, 2.24) is 10.1 Å². The van der Waals surface area contributed by atoms with Gasteiger partial charge in [0.15, 0.2) is 18.2 Å². The molecular formula is C14H13BrN2O3. The number of aromatic nitrogens is 2. The first-order valence-corrected chi connectivity index (χ1v) is 7.18. The number of hydrogen-bond acceptors (Lipinski definition) is 5. The van der Waals surface area contributed by atoms with Gasteiger partial charge in [-0.05, 0) is 38.0 Å². The molecule has 1 fully saturated rings. The molecule has 3 rings (SSSR count). The Balaban J connectivity index is 1.72. The molecule has 0 spiro atoms. The molecule has 0 aliphatic heterocycles. The number of carbonyl (C=O) groups excluding carboxylic acids is 1. The van der Waals surface area contributed by atoms with Crippen molar-refractivity contribution in [2.45, 2.75) is 32.3 Å². The van der Waals surface area contributed by atoms with Crippen LogP contribution in [0.3, 0.4) is 0 Å². The summed E-state index contributed by atoms with van der Waals surface area (Å²) in [5.74, 6) is 2.11. The van der Waals surface area contributed by atoms with Crippen molar-refractivity contribution in [2.75, 3.05) is 0 Å². The molecule has 1 heterocycles. The molecule has 0 bridgehead atoms. The Morgan fingerprint density at radius 3 is 3.00 bits per heavy atom. The van der Waals surface area contributed by atoms with Crippen LogP contribution in [0.2, 0.25) is 0 Å². The Bertz CT molecular complexity index is 650. The van der Waals surface area contributed by atoms with Crippen molar-refractivity contribution >= 4 is 21.7 Å². The number of rotatable bonds is 5. The molecule has 104 valence electrons. The topological polar surface area (TPSA) is 65.2 Å². The van der Waals surface area contributed by atoms with Gasteiger partial charge in [0.25, 0.3) is 5.89 Å². The zero-order valence-corrected chi connectivity index (χ0v) is 12.5. The molecule has 0 atom stereocenters. The van der Waals surface area contributed by atoms with Gasteiger partial charge in [-0.3, -0.25) is 4.79 Å². The van der Waals surface area contributed by atoms with E-state index in [4.69, 9.17) is 9.26 Å². The molecule has 0 amide bonds. The number of halogens is 1. The van der Waals surface area contributed by atoms with Gasteiger partial charge in [0.2, 0.25) is 0 Å². The summed E-state index contributed by atoms with van der Waals surface area (Å²) < 4.78 is 11.6. The third kappa shape index (κ3) is 2.90. The van der Waals surface area contributed by atoms with Crippen LogP contribution in [0.15, 0.2) is 27.2 Å². The maximum absolute atomic E-state index is 11.6. The number of Topliss-reactive ketones (excluding diaryl/α,β-unsaturated/α-hetero) is 1. The monoisotopic (exact) mass is 336 g/mol. The predicted molar refractivity (Wildman–Crippen MR) is 74.8 cm³/mol. The molecule has 6 heteroatoms. The summed E-state index contributed by atoms with van der Waals surface area (Å²) in [6.45, 7) is 1.67. The van der Waals surface area contributed by atoms with E-state index < -0.39 is 0 Å². The molecule has 1 saturated carbocycles. The minimum Gasteiger partial charge on any atom is -0.483 e. The van der Waals surface area contributed by atoms with Gasteiger partial charge in [-0.15, -0.1) is 0 Å². The molecule has 1 aromatic heterocycles. The lowest BCUT2D eigenvalue weighted by atomic mass is 10.1. The fourth-order valence-corrected chi connectivity index (χ4v) is 2.24. The maximum atomic E-state index is 11.6. The molecule has 0 N–H and O–H groups in total. The minimum absolute atomic E-state index is 0.0505. The van der Waals surface area contributed by atoms with Crippen LogP contribution >= 0.6 is 15.9 Å². The highest BCUT2D eigenvalue weighted by atomic mass is 79.9. The van der Waals surface area contributed by atoms with Crippen LogP contribution in [-0.4, -0.2) is 15.9 Å². The van der Waals surface area contributed by atoms with Crippen LogP contribution in [0.4, 0.5) is 0 Å². The van der Waals surface area contributed by atoms with E-state index in [2.05, 4.69) is 26.1 Å². The number of ether oxygens (including phenoxy) is 1. The maximum Gasteiger partial charge on any atom is 0.264 e. The van der Waals surface area contributed by atoms with E-state index in [1.54, 1.807) is 12.1 Å². The first kappa shape index (κ1) is 13.3. The Morgan fingerprint density at radius 2 is 2.30 bits per heavy atom. The number of hydrogen-bond donors (Lipinski definition) is 0. The Kier molecular flexibility index (Phi) is 3.56. The van der Waals surface area contributed by atoms with E-state index in [-0.39, 0.29) is 12.4 Å². The van der Waals surface area contributed by atoms with Crippen LogP contribution in [0.5, 0.6) is 5.75 Å². The standard InChI is InChI=1S/C14H13BrN2O3/c1-8(18)11-6-10(15)4-5-12(11)19-7-13-16-14(17-20-13)9-2-3-9/h4-6,9H,2-3,7H2,1H3. The van der Waals surface area contributed by atoms with E-state index in [0.717, 1.165) is 23.1 Å². The number of carbonyl (C=O) groups is 1. The highest BCUT2D eigenvalue weighted by Gasteiger charge is 2.28. The van der Waals surface area contributed by atoms with Crippen molar-refractivity contribution in [3.8, 4) is 5.75 Å². The lowest BCUT2D eigenvalue weighted by Crippen LogP contribution is -2.02. The molecular weight excluding hydrogens is 324 g/mol. The van der Waals surface area contributed by atoms with Crippen LogP contribution < -0.4 is 4.74 Å². The molecule has 0 unspecified atom stereocenters. The van der Waals surface area contributed by atoms with Crippen molar-refractivity contribution < 1.29 is 14.1 Å². The van der Waals surface area contributed by atoms with E-state index in [0.29, 0.717) is 23.1 Å². The van der Waals surface area contributed by atoms with Gasteiger partial charge in [0.1, 0.15) is 5.75 Å². The van der Waals surface area contributed by atoms with Gasteiger partial charge >= 0.3 is 0 Å². The number of nitrogens with zero attached hydrogens (tertiary/aromatic N) is 2. The van der Waals surface area contributed by atoms with Crippen LogP contribution in [0, 0.1) is 0 Å². The summed E-state index contributed by atoms with van der Waals surface area (Å²) in [5, 5.41) is 3.92. The summed E-state index contributed by atoms with van der Waals surface area (Å²) >= 11 is 3.34. The highest BCUT2D eigenvalue weighted by molar-refractivity contribution is 9.10. The van der Waals surface area contributed by atoms with Gasteiger partial charge in [-0.2, -0.15) is 4.98 Å². The summed E-state index contributed by atoms with van der Waals surface area (Å²) in [4.78, 5) is 15.9. The van der Waals surface area contributed by atoms with E-state index in [9.17, 15) is 4.79 Å². The number of ketones is 1. The van der Waals surface area contributed by atoms with Gasteiger partial charge < -0.3 is 9.26 Å². The normalized spacial score (nSPS) is 14.3. The van der Waals surface area contributed by atoms with Gasteiger partial charge in [0.05, 0.1) is 5.56 Å². The van der Waals surface area contributed by atoms with Crippen LogP contribution in [-0.2, 0) is 6.61 Å². The fourth-order valence-electron chi connectivity index (χ4n) is 1.88. The second-order valence-corrected chi connectivity index (χ2v) is 5.72. The number of benzene rings is 1. The molecule has 5 nitrogen and oxygen atoms in total. The third-order valence-electron chi connectivity index (χ3n) is 3.10. The van der Waals surface area contributed by atoms with E-state index in [1.165, 1.54) is 6.92 Å². The minimum atomic E-state index is -0.0505. The predicted octanol–water partition coefficient (Wildman–Crippen LogP) is 3.49. The van der Waals surface area contributed by atoms with Crippen LogP contribution in [0.25, 0.3) is 0 Å². The summed E-state index contributed by atoms with van der Waals surface area (Å²) in [6, 6.07) is 5.31. The first-order chi connectivity index (χ1) is 9.63. The van der Waals surface area contributed by atoms with Gasteiger partial charge in [-0.1, -0.05) is 21.1 Å². The first-order valence-electron chi connectivity index (χ1n) is 6.39. The molecule has 1 aliphatic rings. The molecule has 0 radical (unpaired) electrons. The zero-order chi connectivity index (χ0) is 14.1. The van der Waals surface area contributed by atoms with Crippen molar-refractivity contribution in [3.63, 3.8) is 0 Å². The van der Waals surface area contributed by atoms with Crippen LogP contribution in [0.1, 0.15) is 47.8 Å². The van der Waals surface area contributed by atoms with Crippen molar-refractivity contribution in [3.05, 3.63) is 40.0 Å². The van der Waals surface area contributed by atoms with Crippen molar-refractivity contribution in [2.24, 2.45) is 0 Å². The molecule has 1 aliphatic carbocycles. The third-order valence-corrected chi connectivity index (χ3v) is 3.59. The van der Waals surface area contributed by atoms with E-state index in [1.807, 2.05) is 6.07 Å². The van der Waals surface area contributed by atoms with E-state index >= 15 is 0 Å². The Labute approximate surface area is 124 Å². The highest BCUT2D eigenvalue weighted by Crippen LogP contribution is 2.38. The summed E-state index contributed by atoms with van der Waals surface area (Å²) in [6.07, 6.45) is 2.25. The lowest BCUT2D eigenvalue weighted by Gasteiger charge is -2.08. The Hall–Kier alpha value is -1.69. The average molecular weight is 337 g/mol. The fraction of sp³-hybridized carbons (Fsp3) is 0.357. The zero-order valence-electron chi connectivity index (χ0n) is 10.9. The molecule has 2 aromatic rings. The Morgan fingerprint density at radius 1 is 1.50 bits per heavy atom. The molecule has 20 heavy (non-hydrogen) atoms. The smallest absolute Gasteiger partial charge is 0.264 e. The van der Waals surface area contributed by atoms with Gasteiger partial charge in [0, 0.05) is 10.4 Å². The second-order valence-electron chi connectivity index (χ2n) is 4.81. The SMILES string of the molecule is CC(=O)c1cc(Br)ccc1OCc1nc(C2CC2)no1. The molecule has 0 saturated heterocycles. The average Bonchev–Trinajstić information content (AvgIpc) is 3.17. The second kappa shape index (κ2) is 5.36. The van der Waals surface area contributed by atoms with Gasteiger partial charge in [-0.25, -0.2) is 0 Å². The largest absolute Gasteiger partial charge is 0.483 e. The molecule has 1 aromatic carbocycles. The van der Waals surface area contributed by atoms with Crippen molar-refractivity contribution in [1.29, 1.82) is 0 Å². The summed E-state index contributed by atoms with van der Waals surface area (Å²) in [5.41, 5.74) is 0.529.